The predicted molar refractivity (Wildman–Crippen MR) is 102 cm³/mol. The largest absolute Gasteiger partial charge is 0.493 e. The summed E-state index contributed by atoms with van der Waals surface area (Å²) in [6, 6.07) is 10.6. The Kier molecular flexibility index (Phi) is 6.73. The van der Waals surface area contributed by atoms with Crippen LogP contribution in [0.3, 0.4) is 0 Å². The molecule has 0 radical (unpaired) electrons. The first-order valence-corrected chi connectivity index (χ1v) is 8.36. The van der Waals surface area contributed by atoms with Crippen LogP contribution in [0, 0.1) is 0 Å². The summed E-state index contributed by atoms with van der Waals surface area (Å²) in [7, 11) is 3.04. The van der Waals surface area contributed by atoms with Gasteiger partial charge >= 0.3 is 0 Å². The van der Waals surface area contributed by atoms with Gasteiger partial charge in [0, 0.05) is 11.1 Å². The lowest BCUT2D eigenvalue weighted by Gasteiger charge is -2.14. The monoisotopic (exact) mass is 379 g/mol. The lowest BCUT2D eigenvalue weighted by Crippen LogP contribution is -2.24. The molecule has 132 valence electrons. The summed E-state index contributed by atoms with van der Waals surface area (Å²) in [5, 5.41) is 3.90. The fourth-order valence-electron chi connectivity index (χ4n) is 2.37. The van der Waals surface area contributed by atoms with E-state index >= 15 is 0 Å². The summed E-state index contributed by atoms with van der Waals surface area (Å²) in [4.78, 5) is 12.1. The first kappa shape index (κ1) is 19.2. The number of hydrogen-bond donors (Lipinski definition) is 1. The predicted octanol–water partition coefficient (Wildman–Crippen LogP) is 4.90. The minimum atomic E-state index is -0.238. The topological polar surface area (TPSA) is 47.6 Å². The van der Waals surface area contributed by atoms with Gasteiger partial charge in [0.1, 0.15) is 0 Å². The quantitative estimate of drug-likeness (QED) is 0.725. The molecule has 0 aliphatic rings. The van der Waals surface area contributed by atoms with Gasteiger partial charge in [0.2, 0.25) is 5.91 Å². The van der Waals surface area contributed by atoms with Crippen molar-refractivity contribution in [3.05, 3.63) is 63.6 Å². The van der Waals surface area contributed by atoms with Crippen LogP contribution in [0.5, 0.6) is 11.5 Å². The van der Waals surface area contributed by atoms with E-state index in [0.717, 1.165) is 11.1 Å². The van der Waals surface area contributed by atoms with Crippen molar-refractivity contribution in [1.82, 2.24) is 5.32 Å². The highest BCUT2D eigenvalue weighted by atomic mass is 35.5. The maximum absolute atomic E-state index is 12.1. The molecule has 4 nitrogen and oxygen atoms in total. The van der Waals surface area contributed by atoms with Crippen LogP contribution in [0.25, 0.3) is 6.08 Å². The molecular formula is C19H19Cl2NO3. The summed E-state index contributed by atoms with van der Waals surface area (Å²) in [6.45, 7) is 1.88. The molecule has 0 fully saturated rings. The number of nitrogens with one attached hydrogen (secondary N) is 1. The first-order valence-electron chi connectivity index (χ1n) is 7.60. The molecule has 6 heteroatoms. The third-order valence-electron chi connectivity index (χ3n) is 3.61. The molecular weight excluding hydrogens is 361 g/mol. The summed E-state index contributed by atoms with van der Waals surface area (Å²) in [5.41, 5.74) is 1.59. The van der Waals surface area contributed by atoms with E-state index in [1.807, 2.05) is 25.1 Å². The van der Waals surface area contributed by atoms with Gasteiger partial charge in [0.15, 0.2) is 11.5 Å². The normalized spacial score (nSPS) is 12.0. The number of benzene rings is 2. The molecule has 0 aliphatic carbocycles. The first-order chi connectivity index (χ1) is 12.0. The van der Waals surface area contributed by atoms with Crippen molar-refractivity contribution in [3.8, 4) is 11.5 Å². The van der Waals surface area contributed by atoms with Crippen molar-refractivity contribution in [2.45, 2.75) is 13.0 Å². The number of carbonyl (C=O) groups is 1. The molecule has 0 saturated carbocycles. The van der Waals surface area contributed by atoms with Crippen molar-refractivity contribution < 1.29 is 14.3 Å². The third-order valence-corrected chi connectivity index (χ3v) is 4.24. The Balaban J connectivity index is 2.10. The van der Waals surface area contributed by atoms with Crippen LogP contribution in [0.4, 0.5) is 0 Å². The Morgan fingerprint density at radius 2 is 1.84 bits per heavy atom. The molecule has 0 spiro atoms. The average Bonchev–Trinajstić information content (AvgIpc) is 2.59. The van der Waals surface area contributed by atoms with Crippen LogP contribution in [0.2, 0.25) is 10.0 Å². The van der Waals surface area contributed by atoms with Crippen molar-refractivity contribution >= 4 is 35.2 Å². The zero-order valence-electron chi connectivity index (χ0n) is 14.2. The smallest absolute Gasteiger partial charge is 0.244 e. The molecule has 0 heterocycles. The number of methoxy groups -OCH3 is 2. The van der Waals surface area contributed by atoms with Crippen LogP contribution < -0.4 is 14.8 Å². The van der Waals surface area contributed by atoms with E-state index in [2.05, 4.69) is 5.32 Å². The Morgan fingerprint density at radius 3 is 2.48 bits per heavy atom. The molecule has 0 aromatic heterocycles. The van der Waals surface area contributed by atoms with Crippen molar-refractivity contribution in [3.63, 3.8) is 0 Å². The van der Waals surface area contributed by atoms with Crippen LogP contribution in [0.15, 0.2) is 42.5 Å². The standard InChI is InChI=1S/C19H19Cl2NO3/c1-12(14-6-4-5-7-15(14)20)22-18(23)9-8-13-10-16(21)19(25-3)17(11-13)24-2/h4-12H,1-3H3,(H,22,23)/b9-8+. The second-order valence-corrected chi connectivity index (χ2v) is 6.14. The maximum Gasteiger partial charge on any atom is 0.244 e. The van der Waals surface area contributed by atoms with Gasteiger partial charge in [-0.3, -0.25) is 4.79 Å². The van der Waals surface area contributed by atoms with Gasteiger partial charge in [-0.05, 0) is 42.3 Å². The molecule has 25 heavy (non-hydrogen) atoms. The molecule has 2 aromatic rings. The highest BCUT2D eigenvalue weighted by Crippen LogP contribution is 2.36. The molecule has 0 bridgehead atoms. The van der Waals surface area contributed by atoms with Crippen LogP contribution >= 0.6 is 23.2 Å². The fourth-order valence-corrected chi connectivity index (χ4v) is 2.97. The summed E-state index contributed by atoms with van der Waals surface area (Å²) < 4.78 is 10.4. The lowest BCUT2D eigenvalue weighted by molar-refractivity contribution is -0.117. The van der Waals surface area contributed by atoms with Gasteiger partial charge in [0.25, 0.3) is 0 Å². The molecule has 2 rings (SSSR count). The van der Waals surface area contributed by atoms with E-state index in [-0.39, 0.29) is 11.9 Å². The summed E-state index contributed by atoms with van der Waals surface area (Å²) in [5.74, 6) is 0.718. The molecule has 1 unspecified atom stereocenters. The zero-order chi connectivity index (χ0) is 18.4. The fraction of sp³-hybridized carbons (Fsp3) is 0.211. The number of rotatable bonds is 6. The van der Waals surface area contributed by atoms with Crippen molar-refractivity contribution in [2.24, 2.45) is 0 Å². The van der Waals surface area contributed by atoms with Crippen LogP contribution in [-0.4, -0.2) is 20.1 Å². The average molecular weight is 380 g/mol. The van der Waals surface area contributed by atoms with Gasteiger partial charge in [0.05, 0.1) is 25.3 Å². The third kappa shape index (κ3) is 4.91. The number of amides is 1. The SMILES string of the molecule is COc1cc(/C=C/C(=O)NC(C)c2ccccc2Cl)cc(Cl)c1OC. The van der Waals surface area contributed by atoms with Gasteiger partial charge in [-0.25, -0.2) is 0 Å². The highest BCUT2D eigenvalue weighted by Gasteiger charge is 2.12. The number of halogens is 2. The van der Waals surface area contributed by atoms with Crippen LogP contribution in [0.1, 0.15) is 24.1 Å². The van der Waals surface area contributed by atoms with Gasteiger partial charge in [-0.15, -0.1) is 0 Å². The second kappa shape index (κ2) is 8.79. The van der Waals surface area contributed by atoms with E-state index in [4.69, 9.17) is 32.7 Å². The number of carbonyl (C=O) groups excluding carboxylic acids is 1. The van der Waals surface area contributed by atoms with Gasteiger partial charge in [-0.1, -0.05) is 41.4 Å². The van der Waals surface area contributed by atoms with Gasteiger partial charge in [-0.2, -0.15) is 0 Å². The minimum absolute atomic E-state index is 0.208. The molecule has 1 atom stereocenters. The summed E-state index contributed by atoms with van der Waals surface area (Å²) >= 11 is 12.3. The zero-order valence-corrected chi connectivity index (χ0v) is 15.7. The van der Waals surface area contributed by atoms with E-state index in [0.29, 0.717) is 21.5 Å². The number of hydrogen-bond acceptors (Lipinski definition) is 3. The van der Waals surface area contributed by atoms with Crippen LogP contribution in [-0.2, 0) is 4.79 Å². The molecule has 1 amide bonds. The highest BCUT2D eigenvalue weighted by molar-refractivity contribution is 6.32. The molecule has 0 saturated heterocycles. The Morgan fingerprint density at radius 1 is 1.12 bits per heavy atom. The van der Waals surface area contributed by atoms with Crippen molar-refractivity contribution in [1.29, 1.82) is 0 Å². The molecule has 2 aromatic carbocycles. The van der Waals surface area contributed by atoms with E-state index < -0.39 is 0 Å². The molecule has 1 N–H and O–H groups in total. The molecule has 0 aliphatic heterocycles. The Bertz CT molecular complexity index is 790. The lowest BCUT2D eigenvalue weighted by atomic mass is 10.1. The van der Waals surface area contributed by atoms with E-state index in [1.165, 1.54) is 20.3 Å². The van der Waals surface area contributed by atoms with E-state index in [9.17, 15) is 4.79 Å². The Labute approximate surface area is 157 Å². The van der Waals surface area contributed by atoms with E-state index in [1.54, 1.807) is 24.3 Å². The van der Waals surface area contributed by atoms with Crippen molar-refractivity contribution in [2.75, 3.05) is 14.2 Å². The minimum Gasteiger partial charge on any atom is -0.493 e. The second-order valence-electron chi connectivity index (χ2n) is 5.32. The Hall–Kier alpha value is -2.17. The van der Waals surface area contributed by atoms with Gasteiger partial charge < -0.3 is 14.8 Å². The maximum atomic E-state index is 12.1. The number of ether oxygens (including phenoxy) is 2. The summed E-state index contributed by atoms with van der Waals surface area (Å²) in [6.07, 6.45) is 3.09.